The Bertz CT molecular complexity index is 756. The lowest BCUT2D eigenvalue weighted by Crippen LogP contribution is -2.36. The Labute approximate surface area is 128 Å². The summed E-state index contributed by atoms with van der Waals surface area (Å²) in [7, 11) is 1.15. The number of esters is 1. The standard InChI is InChI=1S/C13H10N4O6/c1-23-13(20)10-8-9(14-15-10)12(19)16(11(8)18)6-2-4-7(5-3-6)17(21)22/h2-5,8-9,14H,1H3/t8-,9+/m1/s1. The van der Waals surface area contributed by atoms with E-state index in [4.69, 9.17) is 0 Å². The highest BCUT2D eigenvalue weighted by Crippen LogP contribution is 2.31. The molecular weight excluding hydrogens is 308 g/mol. The van der Waals surface area contributed by atoms with Crippen LogP contribution in [-0.2, 0) is 19.1 Å². The summed E-state index contributed by atoms with van der Waals surface area (Å²) in [5.41, 5.74) is 2.32. The van der Waals surface area contributed by atoms with Gasteiger partial charge >= 0.3 is 5.97 Å². The van der Waals surface area contributed by atoms with Gasteiger partial charge in [0.2, 0.25) is 5.91 Å². The summed E-state index contributed by atoms with van der Waals surface area (Å²) in [4.78, 5) is 47.4. The summed E-state index contributed by atoms with van der Waals surface area (Å²) in [5, 5.41) is 14.3. The van der Waals surface area contributed by atoms with Crippen LogP contribution in [-0.4, -0.2) is 41.6 Å². The smallest absolute Gasteiger partial charge is 0.355 e. The van der Waals surface area contributed by atoms with Crippen LogP contribution in [0.25, 0.3) is 0 Å². The first-order valence-corrected chi connectivity index (χ1v) is 6.49. The number of hydrazone groups is 1. The molecule has 10 nitrogen and oxygen atoms in total. The van der Waals surface area contributed by atoms with Crippen molar-refractivity contribution >= 4 is 34.9 Å². The fourth-order valence-corrected chi connectivity index (χ4v) is 2.54. The summed E-state index contributed by atoms with van der Waals surface area (Å²) in [6.07, 6.45) is 0. The predicted molar refractivity (Wildman–Crippen MR) is 75.5 cm³/mol. The summed E-state index contributed by atoms with van der Waals surface area (Å²) in [6, 6.07) is 3.99. The number of fused-ring (bicyclic) bond motifs is 1. The molecule has 2 amide bonds. The third-order valence-electron chi connectivity index (χ3n) is 3.64. The maximum absolute atomic E-state index is 12.5. The molecule has 0 aliphatic carbocycles. The molecule has 2 aliphatic rings. The van der Waals surface area contributed by atoms with Crippen molar-refractivity contribution in [1.82, 2.24) is 5.43 Å². The summed E-state index contributed by atoms with van der Waals surface area (Å²) in [6.45, 7) is 0. The van der Waals surface area contributed by atoms with Gasteiger partial charge in [-0.05, 0) is 12.1 Å². The Morgan fingerprint density at radius 1 is 1.30 bits per heavy atom. The second-order valence-electron chi connectivity index (χ2n) is 4.86. The molecule has 0 radical (unpaired) electrons. The first-order chi connectivity index (χ1) is 11.0. The van der Waals surface area contributed by atoms with Crippen LogP contribution in [0, 0.1) is 16.0 Å². The Morgan fingerprint density at radius 2 is 1.96 bits per heavy atom. The number of non-ortho nitro benzene ring substituents is 1. The minimum Gasteiger partial charge on any atom is -0.464 e. The van der Waals surface area contributed by atoms with Crippen LogP contribution in [0.15, 0.2) is 29.4 Å². The zero-order valence-electron chi connectivity index (χ0n) is 11.8. The van der Waals surface area contributed by atoms with Gasteiger partial charge in [0.05, 0.1) is 17.7 Å². The molecule has 2 heterocycles. The van der Waals surface area contributed by atoms with Crippen LogP contribution in [0.4, 0.5) is 11.4 Å². The highest BCUT2D eigenvalue weighted by atomic mass is 16.6. The Hall–Kier alpha value is -3.30. The second kappa shape index (κ2) is 5.16. The van der Waals surface area contributed by atoms with Crippen molar-refractivity contribution < 1.29 is 24.0 Å². The van der Waals surface area contributed by atoms with E-state index in [1.807, 2.05) is 0 Å². The maximum Gasteiger partial charge on any atom is 0.355 e. The first kappa shape index (κ1) is 14.6. The van der Waals surface area contributed by atoms with Crippen LogP contribution in [0.2, 0.25) is 0 Å². The summed E-state index contributed by atoms with van der Waals surface area (Å²) in [5.74, 6) is -3.08. The van der Waals surface area contributed by atoms with Crippen LogP contribution in [0.1, 0.15) is 0 Å². The van der Waals surface area contributed by atoms with E-state index in [0.717, 1.165) is 12.0 Å². The van der Waals surface area contributed by atoms with Crippen LogP contribution in [0.3, 0.4) is 0 Å². The van der Waals surface area contributed by atoms with Crippen molar-refractivity contribution in [2.45, 2.75) is 6.04 Å². The molecule has 1 aromatic rings. The van der Waals surface area contributed by atoms with Crippen molar-refractivity contribution in [3.63, 3.8) is 0 Å². The molecule has 0 unspecified atom stereocenters. The van der Waals surface area contributed by atoms with Gasteiger partial charge in [-0.3, -0.25) is 25.1 Å². The summed E-state index contributed by atoms with van der Waals surface area (Å²) >= 11 is 0. The van der Waals surface area contributed by atoms with Gasteiger partial charge in [-0.1, -0.05) is 0 Å². The fraction of sp³-hybridized carbons (Fsp3) is 0.231. The molecule has 0 aromatic heterocycles. The number of carbonyl (C=O) groups excluding carboxylic acids is 3. The van der Waals surface area contributed by atoms with Gasteiger partial charge in [-0.25, -0.2) is 9.69 Å². The van der Waals surface area contributed by atoms with Gasteiger partial charge in [0.25, 0.3) is 11.6 Å². The van der Waals surface area contributed by atoms with Gasteiger partial charge in [-0.15, -0.1) is 0 Å². The molecule has 23 heavy (non-hydrogen) atoms. The highest BCUT2D eigenvalue weighted by molar-refractivity contribution is 6.46. The topological polar surface area (TPSA) is 131 Å². The lowest BCUT2D eigenvalue weighted by atomic mass is 9.99. The zero-order chi connectivity index (χ0) is 16.7. The molecule has 118 valence electrons. The minimum absolute atomic E-state index is 0.164. The van der Waals surface area contributed by atoms with E-state index in [-0.39, 0.29) is 17.1 Å². The molecule has 2 aliphatic heterocycles. The Kier molecular flexibility index (Phi) is 3.28. The highest BCUT2D eigenvalue weighted by Gasteiger charge is 2.55. The fourth-order valence-electron chi connectivity index (χ4n) is 2.54. The van der Waals surface area contributed by atoms with Crippen LogP contribution < -0.4 is 10.3 Å². The maximum atomic E-state index is 12.5. The van der Waals surface area contributed by atoms with Crippen molar-refractivity contribution in [1.29, 1.82) is 0 Å². The van der Waals surface area contributed by atoms with E-state index in [1.165, 1.54) is 24.3 Å². The number of imide groups is 1. The SMILES string of the molecule is COC(=O)C1=NN[C@@H]2C(=O)N(c3ccc([N+](=O)[O-])cc3)C(=O)[C@@H]12. The van der Waals surface area contributed by atoms with Gasteiger partial charge < -0.3 is 4.74 Å². The van der Waals surface area contributed by atoms with E-state index in [1.54, 1.807) is 0 Å². The third-order valence-corrected chi connectivity index (χ3v) is 3.64. The monoisotopic (exact) mass is 318 g/mol. The number of nitro groups is 1. The second-order valence-corrected chi connectivity index (χ2v) is 4.86. The molecule has 2 atom stereocenters. The van der Waals surface area contributed by atoms with E-state index in [9.17, 15) is 24.5 Å². The molecule has 1 fully saturated rings. The number of hydrogen-bond acceptors (Lipinski definition) is 8. The number of nitrogens with zero attached hydrogens (tertiary/aromatic N) is 3. The lowest BCUT2D eigenvalue weighted by Gasteiger charge is -2.15. The molecule has 10 heteroatoms. The van der Waals surface area contributed by atoms with Gasteiger partial charge in [-0.2, -0.15) is 5.10 Å². The number of ether oxygens (including phenoxy) is 1. The zero-order valence-corrected chi connectivity index (χ0v) is 11.8. The molecule has 1 N–H and O–H groups in total. The average Bonchev–Trinajstić information content (AvgIpc) is 3.08. The lowest BCUT2D eigenvalue weighted by molar-refractivity contribution is -0.384. The first-order valence-electron chi connectivity index (χ1n) is 6.49. The third kappa shape index (κ3) is 2.11. The number of anilines is 1. The van der Waals surface area contributed by atoms with Gasteiger partial charge in [0.1, 0.15) is 12.0 Å². The number of nitro benzene ring substituents is 1. The number of carbonyl (C=O) groups is 3. The molecule has 0 bridgehead atoms. The quantitative estimate of drug-likeness (QED) is 0.346. The van der Waals surface area contributed by atoms with Crippen molar-refractivity contribution in [2.75, 3.05) is 12.0 Å². The van der Waals surface area contributed by atoms with Gasteiger partial charge in [0, 0.05) is 12.1 Å². The predicted octanol–water partition coefficient (Wildman–Crippen LogP) is -0.415. The molecular formula is C13H10N4O6. The molecule has 0 spiro atoms. The van der Waals surface area contributed by atoms with E-state index in [0.29, 0.717) is 0 Å². The van der Waals surface area contributed by atoms with E-state index in [2.05, 4.69) is 15.3 Å². The molecule has 1 saturated heterocycles. The average molecular weight is 318 g/mol. The largest absolute Gasteiger partial charge is 0.464 e. The van der Waals surface area contributed by atoms with Crippen molar-refractivity contribution in [3.05, 3.63) is 34.4 Å². The van der Waals surface area contributed by atoms with Crippen LogP contribution in [0.5, 0.6) is 0 Å². The van der Waals surface area contributed by atoms with E-state index >= 15 is 0 Å². The van der Waals surface area contributed by atoms with Crippen LogP contribution >= 0.6 is 0 Å². The Balaban J connectivity index is 1.92. The summed E-state index contributed by atoms with van der Waals surface area (Å²) < 4.78 is 4.54. The van der Waals surface area contributed by atoms with Crippen molar-refractivity contribution in [3.8, 4) is 0 Å². The Morgan fingerprint density at radius 3 is 2.52 bits per heavy atom. The number of rotatable bonds is 3. The molecule has 1 aromatic carbocycles. The number of methoxy groups -OCH3 is 1. The van der Waals surface area contributed by atoms with Crippen molar-refractivity contribution in [2.24, 2.45) is 11.0 Å². The molecule has 0 saturated carbocycles. The van der Waals surface area contributed by atoms with E-state index < -0.39 is 34.7 Å². The number of amides is 2. The minimum atomic E-state index is -1.06. The number of hydrogen-bond donors (Lipinski definition) is 1. The van der Waals surface area contributed by atoms with Gasteiger partial charge in [0.15, 0.2) is 5.71 Å². The molecule has 3 rings (SSSR count). The number of benzene rings is 1. The number of nitrogens with one attached hydrogen (secondary N) is 1. The normalized spacial score (nSPS) is 22.5.